The van der Waals surface area contributed by atoms with Crippen molar-refractivity contribution in [1.82, 2.24) is 15.5 Å². The average Bonchev–Trinajstić information content (AvgIpc) is 2.75. The van der Waals surface area contributed by atoms with Crippen molar-refractivity contribution in [2.24, 2.45) is 4.99 Å². The van der Waals surface area contributed by atoms with Crippen molar-refractivity contribution in [3.05, 3.63) is 53.6 Å². The molecule has 2 aromatic rings. The smallest absolute Gasteiger partial charge is 0.191 e. The Morgan fingerprint density at radius 2 is 1.67 bits per heavy atom. The minimum atomic E-state index is 0. The number of aliphatic imine (C=N–C) groups is 1. The van der Waals surface area contributed by atoms with Crippen molar-refractivity contribution in [1.29, 1.82) is 0 Å². The summed E-state index contributed by atoms with van der Waals surface area (Å²) in [6, 6.07) is 14.0. The van der Waals surface area contributed by atoms with Gasteiger partial charge in [-0.3, -0.25) is 4.99 Å². The largest absolute Gasteiger partial charge is 0.497 e. The molecule has 0 radical (unpaired) electrons. The molecule has 0 bridgehead atoms. The van der Waals surface area contributed by atoms with E-state index >= 15 is 0 Å². The molecule has 2 N–H and O–H groups in total. The van der Waals surface area contributed by atoms with Crippen LogP contribution in [0, 0.1) is 0 Å². The molecule has 1 atom stereocenters. The summed E-state index contributed by atoms with van der Waals surface area (Å²) in [5, 5.41) is 6.75. The lowest BCUT2D eigenvalue weighted by Gasteiger charge is -2.27. The van der Waals surface area contributed by atoms with Gasteiger partial charge in [0.1, 0.15) is 17.2 Å². The molecule has 30 heavy (non-hydrogen) atoms. The number of ether oxygens (including phenoxy) is 3. The third-order valence-corrected chi connectivity index (χ3v) is 4.75. The van der Waals surface area contributed by atoms with E-state index in [1.165, 1.54) is 0 Å². The normalized spacial score (nSPS) is 12.0. The van der Waals surface area contributed by atoms with Crippen LogP contribution >= 0.6 is 24.0 Å². The van der Waals surface area contributed by atoms with E-state index in [4.69, 9.17) is 14.2 Å². The Morgan fingerprint density at radius 3 is 2.27 bits per heavy atom. The van der Waals surface area contributed by atoms with E-state index in [2.05, 4.69) is 40.7 Å². The van der Waals surface area contributed by atoms with Gasteiger partial charge in [-0.05, 0) is 32.3 Å². The summed E-state index contributed by atoms with van der Waals surface area (Å²) in [7, 11) is 10.9. The third-order valence-electron chi connectivity index (χ3n) is 4.75. The zero-order chi connectivity index (χ0) is 21.2. The molecule has 0 aliphatic heterocycles. The molecular formula is C22H33IN4O3. The highest BCUT2D eigenvalue weighted by Gasteiger charge is 2.18. The van der Waals surface area contributed by atoms with Gasteiger partial charge in [0.15, 0.2) is 5.96 Å². The zero-order valence-electron chi connectivity index (χ0n) is 18.6. The minimum absolute atomic E-state index is 0. The summed E-state index contributed by atoms with van der Waals surface area (Å²) < 4.78 is 16.3. The van der Waals surface area contributed by atoms with Gasteiger partial charge in [0, 0.05) is 37.3 Å². The number of rotatable bonds is 9. The third kappa shape index (κ3) is 6.94. The van der Waals surface area contributed by atoms with E-state index in [1.807, 2.05) is 36.4 Å². The first-order chi connectivity index (χ1) is 14.0. The maximum absolute atomic E-state index is 5.53. The summed E-state index contributed by atoms with van der Waals surface area (Å²) in [5.74, 6) is 3.12. The van der Waals surface area contributed by atoms with Gasteiger partial charge in [0.05, 0.1) is 27.4 Å². The number of hydrogen-bond donors (Lipinski definition) is 2. The second kappa shape index (κ2) is 13.2. The molecule has 0 aliphatic rings. The second-order valence-corrected chi connectivity index (χ2v) is 6.71. The number of benzene rings is 2. The van der Waals surface area contributed by atoms with Gasteiger partial charge >= 0.3 is 0 Å². The first-order valence-electron chi connectivity index (χ1n) is 9.48. The van der Waals surface area contributed by atoms with E-state index in [0.717, 1.165) is 28.4 Å². The second-order valence-electron chi connectivity index (χ2n) is 6.71. The molecule has 0 spiro atoms. The number of para-hydroxylation sites is 1. The molecule has 1 unspecified atom stereocenters. The number of likely N-dealkylation sites (N-methyl/N-ethyl adjacent to an activating group) is 1. The molecule has 2 aromatic carbocycles. The lowest BCUT2D eigenvalue weighted by Crippen LogP contribution is -2.41. The van der Waals surface area contributed by atoms with Crippen LogP contribution < -0.4 is 24.8 Å². The van der Waals surface area contributed by atoms with Crippen molar-refractivity contribution >= 4 is 29.9 Å². The quantitative estimate of drug-likeness (QED) is 0.296. The van der Waals surface area contributed by atoms with Crippen LogP contribution in [0.4, 0.5) is 0 Å². The van der Waals surface area contributed by atoms with Crippen molar-refractivity contribution in [3.8, 4) is 17.2 Å². The van der Waals surface area contributed by atoms with Crippen LogP contribution in [0.5, 0.6) is 17.2 Å². The topological polar surface area (TPSA) is 67.4 Å². The number of nitrogens with zero attached hydrogens (tertiary/aromatic N) is 2. The summed E-state index contributed by atoms with van der Waals surface area (Å²) in [4.78, 5) is 6.50. The van der Waals surface area contributed by atoms with Crippen LogP contribution in [0.15, 0.2) is 47.5 Å². The number of guanidine groups is 1. The van der Waals surface area contributed by atoms with E-state index < -0.39 is 0 Å². The Labute approximate surface area is 196 Å². The molecule has 8 heteroatoms. The molecule has 0 heterocycles. The maximum atomic E-state index is 5.53. The standard InChI is InChI=1S/C22H32N4O3.HI/c1-23-22(24-14-16-11-12-17(27-4)13-21(16)29-6)25-15-19(26(2)3)18-9-7-8-10-20(18)28-5;/h7-13,19H,14-15H2,1-6H3,(H2,23,24,25);1H. The molecule has 0 aromatic heterocycles. The average molecular weight is 528 g/mol. The molecule has 7 nitrogen and oxygen atoms in total. The first kappa shape index (κ1) is 25.8. The van der Waals surface area contributed by atoms with Crippen molar-refractivity contribution < 1.29 is 14.2 Å². The van der Waals surface area contributed by atoms with Gasteiger partial charge in [-0.25, -0.2) is 0 Å². The molecular weight excluding hydrogens is 495 g/mol. The van der Waals surface area contributed by atoms with E-state index in [1.54, 1.807) is 28.4 Å². The van der Waals surface area contributed by atoms with Crippen LogP contribution in [0.1, 0.15) is 17.2 Å². The van der Waals surface area contributed by atoms with Gasteiger partial charge < -0.3 is 29.7 Å². The Balaban J connectivity index is 0.00000450. The first-order valence-corrected chi connectivity index (χ1v) is 9.48. The lowest BCUT2D eigenvalue weighted by atomic mass is 10.0. The number of halogens is 1. The number of methoxy groups -OCH3 is 3. The summed E-state index contributed by atoms with van der Waals surface area (Å²) >= 11 is 0. The van der Waals surface area contributed by atoms with E-state index in [9.17, 15) is 0 Å². The van der Waals surface area contributed by atoms with Crippen molar-refractivity contribution in [2.75, 3.05) is 49.0 Å². The van der Waals surface area contributed by atoms with E-state index in [-0.39, 0.29) is 30.0 Å². The van der Waals surface area contributed by atoms with Gasteiger partial charge in [-0.15, -0.1) is 24.0 Å². The summed E-state index contributed by atoms with van der Waals surface area (Å²) in [6.45, 7) is 1.25. The van der Waals surface area contributed by atoms with Crippen molar-refractivity contribution in [3.63, 3.8) is 0 Å². The fourth-order valence-corrected chi connectivity index (χ4v) is 3.10. The lowest BCUT2D eigenvalue weighted by molar-refractivity contribution is 0.287. The fourth-order valence-electron chi connectivity index (χ4n) is 3.10. The SMILES string of the molecule is CN=C(NCc1ccc(OC)cc1OC)NCC(c1ccccc1OC)N(C)C.I. The van der Waals surface area contributed by atoms with Crippen LogP contribution in [0.25, 0.3) is 0 Å². The monoisotopic (exact) mass is 528 g/mol. The van der Waals surface area contributed by atoms with Gasteiger partial charge in [-0.1, -0.05) is 18.2 Å². The molecule has 0 amide bonds. The molecule has 0 saturated heterocycles. The van der Waals surface area contributed by atoms with Crippen molar-refractivity contribution in [2.45, 2.75) is 12.6 Å². The zero-order valence-corrected chi connectivity index (χ0v) is 20.9. The predicted octanol–water partition coefficient (Wildman–Crippen LogP) is 3.30. The van der Waals surface area contributed by atoms with Crippen LogP contribution in [0.2, 0.25) is 0 Å². The summed E-state index contributed by atoms with van der Waals surface area (Å²) in [6.07, 6.45) is 0. The molecule has 2 rings (SSSR count). The highest BCUT2D eigenvalue weighted by Crippen LogP contribution is 2.27. The van der Waals surface area contributed by atoms with Gasteiger partial charge in [-0.2, -0.15) is 0 Å². The summed E-state index contributed by atoms with van der Waals surface area (Å²) in [5.41, 5.74) is 2.14. The minimum Gasteiger partial charge on any atom is -0.497 e. The predicted molar refractivity (Wildman–Crippen MR) is 133 cm³/mol. The van der Waals surface area contributed by atoms with Crippen LogP contribution in [-0.4, -0.2) is 59.9 Å². The number of hydrogen-bond acceptors (Lipinski definition) is 5. The Bertz CT molecular complexity index is 815. The molecule has 166 valence electrons. The Hall–Kier alpha value is -2.20. The maximum Gasteiger partial charge on any atom is 0.191 e. The Morgan fingerprint density at radius 1 is 0.967 bits per heavy atom. The highest BCUT2D eigenvalue weighted by atomic mass is 127. The molecule has 0 fully saturated rings. The van der Waals surface area contributed by atoms with Gasteiger partial charge in [0.2, 0.25) is 0 Å². The number of nitrogens with one attached hydrogen (secondary N) is 2. The fraction of sp³-hybridized carbons (Fsp3) is 0.409. The van der Waals surface area contributed by atoms with E-state index in [0.29, 0.717) is 19.0 Å². The van der Waals surface area contributed by atoms with Gasteiger partial charge in [0.25, 0.3) is 0 Å². The van der Waals surface area contributed by atoms with Crippen LogP contribution in [0.3, 0.4) is 0 Å². The highest BCUT2D eigenvalue weighted by molar-refractivity contribution is 14.0. The molecule has 0 saturated carbocycles. The molecule has 0 aliphatic carbocycles. The Kier molecular flexibility index (Phi) is 11.3. The van der Waals surface area contributed by atoms with Crippen LogP contribution in [-0.2, 0) is 6.54 Å².